The van der Waals surface area contributed by atoms with E-state index in [0.29, 0.717) is 11.6 Å². The first kappa shape index (κ1) is 9.48. The van der Waals surface area contributed by atoms with Gasteiger partial charge in [-0.3, -0.25) is 11.3 Å². The number of hydrogen-bond acceptors (Lipinski definition) is 3. The Labute approximate surface area is 76.7 Å². The zero-order valence-corrected chi connectivity index (χ0v) is 7.38. The van der Waals surface area contributed by atoms with Crippen molar-refractivity contribution in [3.05, 3.63) is 34.9 Å². The summed E-state index contributed by atoms with van der Waals surface area (Å²) in [5.74, 6) is 5.29. The van der Waals surface area contributed by atoms with Gasteiger partial charge in [-0.05, 0) is 17.7 Å². The number of hydrazine groups is 1. The Morgan fingerprint density at radius 3 is 2.75 bits per heavy atom. The van der Waals surface area contributed by atoms with Crippen LogP contribution < -0.4 is 17.0 Å². The number of rotatable bonds is 3. The van der Waals surface area contributed by atoms with E-state index in [4.69, 9.17) is 23.2 Å². The molecule has 0 radical (unpaired) electrons. The fourth-order valence-corrected chi connectivity index (χ4v) is 1.22. The first-order valence-corrected chi connectivity index (χ1v) is 4.07. The van der Waals surface area contributed by atoms with Crippen molar-refractivity contribution >= 4 is 11.6 Å². The molecule has 12 heavy (non-hydrogen) atoms. The topological polar surface area (TPSA) is 64.1 Å². The summed E-state index contributed by atoms with van der Waals surface area (Å²) >= 11 is 5.79. The van der Waals surface area contributed by atoms with Gasteiger partial charge in [0, 0.05) is 11.6 Å². The van der Waals surface area contributed by atoms with Crippen molar-refractivity contribution in [2.75, 3.05) is 6.54 Å². The van der Waals surface area contributed by atoms with Gasteiger partial charge in [0.25, 0.3) is 0 Å². The molecule has 0 spiro atoms. The Morgan fingerprint density at radius 2 is 2.25 bits per heavy atom. The molecule has 0 heterocycles. The van der Waals surface area contributed by atoms with Gasteiger partial charge < -0.3 is 5.73 Å². The number of halogens is 1. The van der Waals surface area contributed by atoms with E-state index in [0.717, 1.165) is 5.56 Å². The maximum Gasteiger partial charge on any atom is 0.0582 e. The van der Waals surface area contributed by atoms with E-state index >= 15 is 0 Å². The van der Waals surface area contributed by atoms with Crippen molar-refractivity contribution in [1.82, 2.24) is 5.43 Å². The highest BCUT2D eigenvalue weighted by atomic mass is 35.5. The minimum Gasteiger partial charge on any atom is -0.329 e. The minimum atomic E-state index is -0.0244. The summed E-state index contributed by atoms with van der Waals surface area (Å²) < 4.78 is 0. The van der Waals surface area contributed by atoms with Crippen LogP contribution in [0.25, 0.3) is 0 Å². The van der Waals surface area contributed by atoms with E-state index in [1.807, 2.05) is 24.3 Å². The summed E-state index contributed by atoms with van der Waals surface area (Å²) in [5.41, 5.74) is 9.10. The normalized spacial score (nSPS) is 12.9. The number of hydrogen-bond donors (Lipinski definition) is 3. The molecule has 0 fully saturated rings. The summed E-state index contributed by atoms with van der Waals surface area (Å²) in [4.78, 5) is 0. The Bertz CT molecular complexity index is 248. The molecular weight excluding hydrogens is 174 g/mol. The van der Waals surface area contributed by atoms with Gasteiger partial charge in [0.05, 0.1) is 6.04 Å². The lowest BCUT2D eigenvalue weighted by Gasteiger charge is -2.13. The Hall–Kier alpha value is -0.610. The van der Waals surface area contributed by atoms with Crippen LogP contribution in [0.3, 0.4) is 0 Å². The number of nitrogens with one attached hydrogen (secondary N) is 1. The summed E-state index contributed by atoms with van der Waals surface area (Å²) in [6.45, 7) is 0.455. The first-order chi connectivity index (χ1) is 5.77. The molecule has 0 bridgehead atoms. The molecule has 0 aliphatic carbocycles. The van der Waals surface area contributed by atoms with Crippen molar-refractivity contribution in [3.63, 3.8) is 0 Å². The Kier molecular flexibility index (Phi) is 3.49. The minimum absolute atomic E-state index is 0.0244. The van der Waals surface area contributed by atoms with Gasteiger partial charge in [0.1, 0.15) is 0 Å². The fraction of sp³-hybridized carbons (Fsp3) is 0.250. The van der Waals surface area contributed by atoms with Crippen LogP contribution in [0.1, 0.15) is 11.6 Å². The highest BCUT2D eigenvalue weighted by molar-refractivity contribution is 6.30. The van der Waals surface area contributed by atoms with E-state index in [2.05, 4.69) is 5.43 Å². The van der Waals surface area contributed by atoms with Crippen LogP contribution in [-0.2, 0) is 0 Å². The van der Waals surface area contributed by atoms with E-state index in [1.165, 1.54) is 0 Å². The van der Waals surface area contributed by atoms with Crippen LogP contribution in [0.4, 0.5) is 0 Å². The summed E-state index contributed by atoms with van der Waals surface area (Å²) in [7, 11) is 0. The molecule has 0 amide bonds. The lowest BCUT2D eigenvalue weighted by atomic mass is 10.1. The molecule has 0 aromatic heterocycles. The molecule has 0 aliphatic rings. The molecule has 4 heteroatoms. The third-order valence-electron chi connectivity index (χ3n) is 1.69. The predicted molar refractivity (Wildman–Crippen MR) is 50.6 cm³/mol. The van der Waals surface area contributed by atoms with Gasteiger partial charge >= 0.3 is 0 Å². The molecule has 1 aromatic carbocycles. The quantitative estimate of drug-likeness (QED) is 0.482. The molecule has 0 saturated heterocycles. The number of nitrogens with two attached hydrogens (primary N) is 2. The summed E-state index contributed by atoms with van der Waals surface area (Å²) in [6.07, 6.45) is 0. The Balaban J connectivity index is 2.85. The van der Waals surface area contributed by atoms with Crippen molar-refractivity contribution in [2.24, 2.45) is 11.6 Å². The van der Waals surface area contributed by atoms with Crippen molar-refractivity contribution < 1.29 is 0 Å². The van der Waals surface area contributed by atoms with Crippen molar-refractivity contribution in [2.45, 2.75) is 6.04 Å². The lowest BCUT2D eigenvalue weighted by molar-refractivity contribution is 0.564. The van der Waals surface area contributed by atoms with Gasteiger partial charge in [-0.1, -0.05) is 23.7 Å². The van der Waals surface area contributed by atoms with E-state index in [9.17, 15) is 0 Å². The summed E-state index contributed by atoms with van der Waals surface area (Å²) in [5, 5.41) is 0.696. The lowest BCUT2D eigenvalue weighted by Crippen LogP contribution is -2.33. The number of benzene rings is 1. The zero-order chi connectivity index (χ0) is 8.97. The molecule has 1 rings (SSSR count). The van der Waals surface area contributed by atoms with Crippen LogP contribution in [0.5, 0.6) is 0 Å². The highest BCUT2D eigenvalue weighted by Crippen LogP contribution is 2.15. The maximum atomic E-state index is 5.79. The average Bonchev–Trinajstić information content (AvgIpc) is 2.07. The van der Waals surface area contributed by atoms with Crippen LogP contribution in [-0.4, -0.2) is 6.54 Å². The van der Waals surface area contributed by atoms with Gasteiger partial charge in [-0.15, -0.1) is 0 Å². The standard InChI is InChI=1S/C8H12ClN3/c9-7-3-1-2-6(4-7)8(5-10)12-11/h1-4,8,12H,5,10-11H2. The molecule has 1 atom stereocenters. The van der Waals surface area contributed by atoms with Crippen LogP contribution in [0, 0.1) is 0 Å². The Morgan fingerprint density at radius 1 is 1.50 bits per heavy atom. The SMILES string of the molecule is NCC(NN)c1cccc(Cl)c1. The largest absolute Gasteiger partial charge is 0.329 e. The predicted octanol–water partition coefficient (Wildman–Crippen LogP) is 0.803. The first-order valence-electron chi connectivity index (χ1n) is 3.69. The van der Waals surface area contributed by atoms with Crippen molar-refractivity contribution in [3.8, 4) is 0 Å². The second-order valence-corrected chi connectivity index (χ2v) is 2.95. The van der Waals surface area contributed by atoms with Gasteiger partial charge in [-0.25, -0.2) is 0 Å². The molecule has 5 N–H and O–H groups in total. The van der Waals surface area contributed by atoms with Gasteiger partial charge in [0.2, 0.25) is 0 Å². The third kappa shape index (κ3) is 2.19. The molecule has 66 valence electrons. The molecular formula is C8H12ClN3. The molecule has 0 aliphatic heterocycles. The average molecular weight is 186 g/mol. The van der Waals surface area contributed by atoms with Crippen LogP contribution in [0.2, 0.25) is 5.02 Å². The van der Waals surface area contributed by atoms with Gasteiger partial charge in [0.15, 0.2) is 0 Å². The van der Waals surface area contributed by atoms with E-state index in [-0.39, 0.29) is 6.04 Å². The second kappa shape index (κ2) is 4.42. The highest BCUT2D eigenvalue weighted by Gasteiger charge is 2.06. The molecule has 3 nitrogen and oxygen atoms in total. The van der Waals surface area contributed by atoms with E-state index in [1.54, 1.807) is 0 Å². The smallest absolute Gasteiger partial charge is 0.0582 e. The molecule has 1 aromatic rings. The molecule has 0 saturated carbocycles. The maximum absolute atomic E-state index is 5.79. The monoisotopic (exact) mass is 185 g/mol. The van der Waals surface area contributed by atoms with Crippen LogP contribution in [0.15, 0.2) is 24.3 Å². The fourth-order valence-electron chi connectivity index (χ4n) is 1.02. The zero-order valence-electron chi connectivity index (χ0n) is 6.63. The van der Waals surface area contributed by atoms with E-state index < -0.39 is 0 Å². The van der Waals surface area contributed by atoms with Crippen LogP contribution >= 0.6 is 11.6 Å². The van der Waals surface area contributed by atoms with Gasteiger partial charge in [-0.2, -0.15) is 0 Å². The van der Waals surface area contributed by atoms with Crippen molar-refractivity contribution in [1.29, 1.82) is 0 Å². The molecule has 1 unspecified atom stereocenters. The summed E-state index contributed by atoms with van der Waals surface area (Å²) in [6, 6.07) is 7.44. The third-order valence-corrected chi connectivity index (χ3v) is 1.92. The second-order valence-electron chi connectivity index (χ2n) is 2.51.